The van der Waals surface area contributed by atoms with Gasteiger partial charge in [-0.15, -0.1) is 0 Å². The summed E-state index contributed by atoms with van der Waals surface area (Å²) in [5, 5.41) is 7.19. The number of thiocarbonyl (C=S) groups is 1. The number of rotatable bonds is 6. The summed E-state index contributed by atoms with van der Waals surface area (Å²) in [6, 6.07) is 0. The van der Waals surface area contributed by atoms with Crippen molar-refractivity contribution in [1.29, 1.82) is 0 Å². The zero-order valence-corrected chi connectivity index (χ0v) is 9.66. The van der Waals surface area contributed by atoms with Gasteiger partial charge in [0.05, 0.1) is 0 Å². The normalized spacial score (nSPS) is 16.1. The monoisotopic (exact) mass is 216 g/mol. The summed E-state index contributed by atoms with van der Waals surface area (Å²) in [6.45, 7) is 2.72. The Kier molecular flexibility index (Phi) is 5.87. The fourth-order valence-corrected chi connectivity index (χ4v) is 1.60. The standard InChI is InChI=1S/C10H20N2OS/c1-13-7-3-6-11-10(14)12-8-9-4-2-5-9/h9H,2-8H2,1H3,(H2,11,12,14). The summed E-state index contributed by atoms with van der Waals surface area (Å²) >= 11 is 5.13. The number of hydrogen-bond acceptors (Lipinski definition) is 2. The highest BCUT2D eigenvalue weighted by Crippen LogP contribution is 2.24. The number of nitrogens with one attached hydrogen (secondary N) is 2. The van der Waals surface area contributed by atoms with E-state index in [-0.39, 0.29) is 0 Å². The zero-order chi connectivity index (χ0) is 10.2. The van der Waals surface area contributed by atoms with E-state index in [2.05, 4.69) is 10.6 Å². The van der Waals surface area contributed by atoms with Crippen LogP contribution in [0.4, 0.5) is 0 Å². The van der Waals surface area contributed by atoms with Crippen LogP contribution < -0.4 is 10.6 Å². The van der Waals surface area contributed by atoms with Gasteiger partial charge >= 0.3 is 0 Å². The minimum atomic E-state index is 0.785. The molecular weight excluding hydrogens is 196 g/mol. The highest BCUT2D eigenvalue weighted by atomic mass is 32.1. The lowest BCUT2D eigenvalue weighted by molar-refractivity contribution is 0.195. The molecule has 0 heterocycles. The summed E-state index contributed by atoms with van der Waals surface area (Å²) < 4.78 is 4.94. The lowest BCUT2D eigenvalue weighted by Crippen LogP contribution is -2.39. The molecule has 0 aliphatic heterocycles. The molecule has 1 aliphatic rings. The molecule has 0 spiro atoms. The van der Waals surface area contributed by atoms with Crippen molar-refractivity contribution >= 4 is 17.3 Å². The second kappa shape index (κ2) is 7.01. The van der Waals surface area contributed by atoms with E-state index in [0.29, 0.717) is 0 Å². The van der Waals surface area contributed by atoms with Crippen molar-refractivity contribution in [3.05, 3.63) is 0 Å². The fraction of sp³-hybridized carbons (Fsp3) is 0.900. The van der Waals surface area contributed by atoms with Crippen molar-refractivity contribution in [2.45, 2.75) is 25.7 Å². The molecule has 3 nitrogen and oxygen atoms in total. The predicted octanol–water partition coefficient (Wildman–Crippen LogP) is 1.29. The SMILES string of the molecule is COCCCNC(=S)NCC1CCC1. The van der Waals surface area contributed by atoms with Crippen LogP contribution in [-0.2, 0) is 4.74 Å². The quantitative estimate of drug-likeness (QED) is 0.518. The Morgan fingerprint density at radius 3 is 2.79 bits per heavy atom. The average Bonchev–Trinajstić information content (AvgIpc) is 2.10. The van der Waals surface area contributed by atoms with E-state index in [0.717, 1.165) is 37.1 Å². The van der Waals surface area contributed by atoms with Gasteiger partial charge in [0.25, 0.3) is 0 Å². The van der Waals surface area contributed by atoms with Crippen LogP contribution in [0.5, 0.6) is 0 Å². The summed E-state index contributed by atoms with van der Waals surface area (Å²) in [4.78, 5) is 0. The molecule has 82 valence electrons. The third-order valence-corrected chi connectivity index (χ3v) is 2.88. The maximum atomic E-state index is 5.13. The number of methoxy groups -OCH3 is 1. The molecule has 0 aromatic rings. The summed E-state index contributed by atoms with van der Waals surface area (Å²) in [5.74, 6) is 0.855. The minimum Gasteiger partial charge on any atom is -0.385 e. The first kappa shape index (κ1) is 11.7. The molecule has 0 bridgehead atoms. The second-order valence-corrected chi connectivity index (χ2v) is 4.19. The molecule has 0 unspecified atom stereocenters. The Balaban J connectivity index is 1.87. The Morgan fingerprint density at radius 1 is 1.43 bits per heavy atom. The molecule has 0 saturated heterocycles. The maximum absolute atomic E-state index is 5.13. The maximum Gasteiger partial charge on any atom is 0.166 e. The van der Waals surface area contributed by atoms with Crippen molar-refractivity contribution in [3.63, 3.8) is 0 Å². The van der Waals surface area contributed by atoms with Gasteiger partial charge in [0.1, 0.15) is 0 Å². The molecular formula is C10H20N2OS. The van der Waals surface area contributed by atoms with Gasteiger partial charge in [0.2, 0.25) is 0 Å². The van der Waals surface area contributed by atoms with E-state index in [1.807, 2.05) is 0 Å². The molecule has 0 amide bonds. The van der Waals surface area contributed by atoms with E-state index in [4.69, 9.17) is 17.0 Å². The first-order valence-electron chi connectivity index (χ1n) is 5.33. The van der Waals surface area contributed by atoms with Crippen LogP contribution in [0.3, 0.4) is 0 Å². The smallest absolute Gasteiger partial charge is 0.166 e. The molecule has 2 N–H and O–H groups in total. The first-order chi connectivity index (χ1) is 6.83. The van der Waals surface area contributed by atoms with Gasteiger partial charge in [-0.3, -0.25) is 0 Å². The molecule has 4 heteroatoms. The second-order valence-electron chi connectivity index (χ2n) is 3.78. The van der Waals surface area contributed by atoms with Crippen molar-refractivity contribution in [2.24, 2.45) is 5.92 Å². The van der Waals surface area contributed by atoms with Gasteiger partial charge in [0.15, 0.2) is 5.11 Å². The van der Waals surface area contributed by atoms with Gasteiger partial charge in [-0.2, -0.15) is 0 Å². The summed E-state index contributed by atoms with van der Waals surface area (Å²) in [5.41, 5.74) is 0. The van der Waals surface area contributed by atoms with Crippen LogP contribution in [0.15, 0.2) is 0 Å². The molecule has 0 aromatic heterocycles. The molecule has 14 heavy (non-hydrogen) atoms. The van der Waals surface area contributed by atoms with Gasteiger partial charge < -0.3 is 15.4 Å². The Bertz CT molecular complexity index is 172. The predicted molar refractivity (Wildman–Crippen MR) is 62.4 cm³/mol. The average molecular weight is 216 g/mol. The zero-order valence-electron chi connectivity index (χ0n) is 8.84. The van der Waals surface area contributed by atoms with E-state index in [1.165, 1.54) is 19.3 Å². The largest absolute Gasteiger partial charge is 0.385 e. The highest BCUT2D eigenvalue weighted by Gasteiger charge is 2.16. The highest BCUT2D eigenvalue weighted by molar-refractivity contribution is 7.80. The van der Waals surface area contributed by atoms with Gasteiger partial charge in [-0.05, 0) is 37.4 Å². The van der Waals surface area contributed by atoms with Gasteiger partial charge in [-0.1, -0.05) is 6.42 Å². The van der Waals surface area contributed by atoms with E-state index >= 15 is 0 Å². The molecule has 1 aliphatic carbocycles. The van der Waals surface area contributed by atoms with Gasteiger partial charge in [0, 0.05) is 26.8 Å². The number of hydrogen-bond donors (Lipinski definition) is 2. The van der Waals surface area contributed by atoms with Crippen LogP contribution in [0, 0.1) is 5.92 Å². The van der Waals surface area contributed by atoms with Crippen molar-refractivity contribution in [2.75, 3.05) is 26.8 Å². The van der Waals surface area contributed by atoms with Crippen LogP contribution in [-0.4, -0.2) is 31.9 Å². The fourth-order valence-electron chi connectivity index (χ4n) is 1.41. The van der Waals surface area contributed by atoms with Gasteiger partial charge in [-0.25, -0.2) is 0 Å². The Hall–Kier alpha value is -0.350. The first-order valence-corrected chi connectivity index (χ1v) is 5.74. The van der Waals surface area contributed by atoms with Crippen LogP contribution in [0.2, 0.25) is 0 Å². The third kappa shape index (κ3) is 4.77. The van der Waals surface area contributed by atoms with E-state index in [1.54, 1.807) is 7.11 Å². The molecule has 0 aromatic carbocycles. The Morgan fingerprint density at radius 2 is 2.21 bits per heavy atom. The van der Waals surface area contributed by atoms with Crippen molar-refractivity contribution < 1.29 is 4.74 Å². The number of ether oxygens (including phenoxy) is 1. The third-order valence-electron chi connectivity index (χ3n) is 2.59. The molecule has 1 saturated carbocycles. The summed E-state index contributed by atoms with van der Waals surface area (Å²) in [7, 11) is 1.72. The van der Waals surface area contributed by atoms with Crippen LogP contribution >= 0.6 is 12.2 Å². The molecule has 1 rings (SSSR count). The van der Waals surface area contributed by atoms with E-state index < -0.39 is 0 Å². The van der Waals surface area contributed by atoms with Crippen molar-refractivity contribution in [1.82, 2.24) is 10.6 Å². The Labute approximate surface area is 91.6 Å². The van der Waals surface area contributed by atoms with E-state index in [9.17, 15) is 0 Å². The minimum absolute atomic E-state index is 0.785. The topological polar surface area (TPSA) is 33.3 Å². The molecule has 0 radical (unpaired) electrons. The lowest BCUT2D eigenvalue weighted by Gasteiger charge is -2.26. The lowest BCUT2D eigenvalue weighted by atomic mass is 9.85. The summed E-state index contributed by atoms with van der Waals surface area (Å²) in [6.07, 6.45) is 5.11. The van der Waals surface area contributed by atoms with Crippen LogP contribution in [0.1, 0.15) is 25.7 Å². The van der Waals surface area contributed by atoms with Crippen LogP contribution in [0.25, 0.3) is 0 Å². The molecule has 0 atom stereocenters. The van der Waals surface area contributed by atoms with Crippen molar-refractivity contribution in [3.8, 4) is 0 Å². The molecule has 1 fully saturated rings.